The molecule has 3 aromatic rings. The number of hydrogen-bond donors (Lipinski definition) is 2. The van der Waals surface area contributed by atoms with E-state index in [9.17, 15) is 0 Å². The predicted molar refractivity (Wildman–Crippen MR) is 132 cm³/mol. The van der Waals surface area contributed by atoms with Crippen LogP contribution in [-0.4, -0.2) is 18.1 Å². The van der Waals surface area contributed by atoms with Crippen LogP contribution in [0.2, 0.25) is 0 Å². The van der Waals surface area contributed by atoms with Gasteiger partial charge in [0.1, 0.15) is 11.6 Å². The van der Waals surface area contributed by atoms with E-state index >= 15 is 0 Å². The number of nitrogens with zero attached hydrogens (tertiary/aromatic N) is 3. The number of aryl methyl sites for hydroxylation is 1. The second-order valence-corrected chi connectivity index (χ2v) is 7.77. The monoisotopic (exact) mass is 415 g/mol. The lowest BCUT2D eigenvalue weighted by atomic mass is 10.1. The number of nitrogens with one attached hydrogen (secondary N) is 2. The molecule has 0 aliphatic carbocycles. The Labute approximate surface area is 186 Å². The van der Waals surface area contributed by atoms with Gasteiger partial charge in [-0.3, -0.25) is 0 Å². The van der Waals surface area contributed by atoms with Crippen molar-refractivity contribution in [1.29, 1.82) is 0 Å². The summed E-state index contributed by atoms with van der Waals surface area (Å²) in [5.41, 5.74) is 5.17. The van der Waals surface area contributed by atoms with Crippen molar-refractivity contribution < 1.29 is 0 Å². The van der Waals surface area contributed by atoms with Gasteiger partial charge in [-0.25, -0.2) is 4.98 Å². The Morgan fingerprint density at radius 1 is 0.677 bits per heavy atom. The highest BCUT2D eigenvalue weighted by Crippen LogP contribution is 2.28. The number of unbranched alkanes of at least 4 members (excludes halogenated alkanes) is 2. The predicted octanol–water partition coefficient (Wildman–Crippen LogP) is 7.90. The average molecular weight is 416 g/mol. The summed E-state index contributed by atoms with van der Waals surface area (Å²) in [4.78, 5) is 4.73. The summed E-state index contributed by atoms with van der Waals surface area (Å²) in [6.07, 6.45) is 4.58. The molecule has 2 N–H and O–H groups in total. The molecule has 5 heteroatoms. The molecule has 0 unspecified atom stereocenters. The molecular formula is C26H33N5. The molecule has 0 aliphatic rings. The molecule has 0 aliphatic heterocycles. The Balaban J connectivity index is 1.76. The third-order valence-corrected chi connectivity index (χ3v) is 5.01. The third-order valence-electron chi connectivity index (χ3n) is 5.01. The van der Waals surface area contributed by atoms with Crippen LogP contribution >= 0.6 is 0 Å². The number of anilines is 2. The maximum atomic E-state index is 4.73. The average Bonchev–Trinajstić information content (AvgIpc) is 2.79. The lowest BCUT2D eigenvalue weighted by molar-refractivity contribution is 0.826. The highest BCUT2D eigenvalue weighted by atomic mass is 15.1. The quantitative estimate of drug-likeness (QED) is 0.247. The zero-order chi connectivity index (χ0) is 21.9. The number of hydrogen-bond acceptors (Lipinski definition) is 5. The molecule has 5 nitrogen and oxygen atoms in total. The van der Waals surface area contributed by atoms with Gasteiger partial charge < -0.3 is 10.6 Å². The van der Waals surface area contributed by atoms with Gasteiger partial charge in [0.2, 0.25) is 0 Å². The van der Waals surface area contributed by atoms with Crippen LogP contribution in [0.5, 0.6) is 0 Å². The van der Waals surface area contributed by atoms with Crippen LogP contribution in [0.15, 0.2) is 70.9 Å². The molecule has 2 aromatic carbocycles. The van der Waals surface area contributed by atoms with Gasteiger partial charge >= 0.3 is 0 Å². The summed E-state index contributed by atoms with van der Waals surface area (Å²) >= 11 is 0. The van der Waals surface area contributed by atoms with Gasteiger partial charge in [-0.1, -0.05) is 56.5 Å². The molecule has 162 valence electrons. The Kier molecular flexibility index (Phi) is 8.59. The molecule has 1 aromatic heterocycles. The number of pyridine rings is 1. The molecule has 0 amide bonds. The molecule has 1 heterocycles. The van der Waals surface area contributed by atoms with Crippen molar-refractivity contribution in [3.8, 4) is 11.1 Å². The van der Waals surface area contributed by atoms with Crippen molar-refractivity contribution in [2.24, 2.45) is 10.2 Å². The van der Waals surface area contributed by atoms with E-state index in [1.807, 2.05) is 36.4 Å². The van der Waals surface area contributed by atoms with Crippen molar-refractivity contribution in [2.45, 2.75) is 46.5 Å². The minimum atomic E-state index is 0.834. The van der Waals surface area contributed by atoms with Crippen molar-refractivity contribution in [3.05, 3.63) is 66.2 Å². The summed E-state index contributed by atoms with van der Waals surface area (Å²) < 4.78 is 0. The van der Waals surface area contributed by atoms with Crippen LogP contribution in [-0.2, 0) is 0 Å². The van der Waals surface area contributed by atoms with Crippen LogP contribution in [0.4, 0.5) is 23.0 Å². The van der Waals surface area contributed by atoms with Crippen molar-refractivity contribution in [1.82, 2.24) is 4.98 Å². The minimum Gasteiger partial charge on any atom is -0.370 e. The maximum absolute atomic E-state index is 4.73. The Bertz CT molecular complexity index is 934. The summed E-state index contributed by atoms with van der Waals surface area (Å²) in [5.74, 6) is 1.82. The van der Waals surface area contributed by atoms with E-state index in [4.69, 9.17) is 4.98 Å². The van der Waals surface area contributed by atoms with E-state index in [2.05, 4.69) is 65.9 Å². The van der Waals surface area contributed by atoms with Crippen LogP contribution < -0.4 is 10.6 Å². The summed E-state index contributed by atoms with van der Waals surface area (Å²) in [7, 11) is 0. The molecule has 0 fully saturated rings. The van der Waals surface area contributed by atoms with Gasteiger partial charge in [-0.05, 0) is 67.3 Å². The van der Waals surface area contributed by atoms with E-state index in [1.165, 1.54) is 5.56 Å². The van der Waals surface area contributed by atoms with Crippen LogP contribution in [0.1, 0.15) is 45.1 Å². The number of rotatable bonds is 11. The van der Waals surface area contributed by atoms with E-state index in [0.29, 0.717) is 0 Å². The standard InChI is InChI=1S/C26H33N5/c1-4-6-16-27-25-18-22(19-26(29-25)28-17-7-5-2)21-10-14-24(15-11-21)31-30-23-12-8-20(3)9-13-23/h8-15,18-19H,4-7,16-17H2,1-3H3,(H2,27,28,29). The Morgan fingerprint density at radius 2 is 1.16 bits per heavy atom. The van der Waals surface area contributed by atoms with E-state index < -0.39 is 0 Å². The lowest BCUT2D eigenvalue weighted by Gasteiger charge is -2.12. The first-order valence-corrected chi connectivity index (χ1v) is 11.3. The fourth-order valence-electron chi connectivity index (χ4n) is 3.11. The third kappa shape index (κ3) is 7.21. The number of azo groups is 1. The molecule has 0 saturated carbocycles. The van der Waals surface area contributed by atoms with Gasteiger partial charge in [-0.2, -0.15) is 10.2 Å². The second-order valence-electron chi connectivity index (χ2n) is 7.77. The first-order chi connectivity index (χ1) is 15.2. The van der Waals surface area contributed by atoms with Crippen LogP contribution in [0, 0.1) is 6.92 Å². The highest BCUT2D eigenvalue weighted by molar-refractivity contribution is 5.71. The van der Waals surface area contributed by atoms with E-state index in [0.717, 1.165) is 72.9 Å². The second kappa shape index (κ2) is 11.8. The first-order valence-electron chi connectivity index (χ1n) is 11.3. The Morgan fingerprint density at radius 3 is 1.65 bits per heavy atom. The van der Waals surface area contributed by atoms with Gasteiger partial charge in [0.05, 0.1) is 11.4 Å². The normalized spacial score (nSPS) is 11.1. The van der Waals surface area contributed by atoms with Gasteiger partial charge in [0.25, 0.3) is 0 Å². The first kappa shape index (κ1) is 22.5. The van der Waals surface area contributed by atoms with E-state index in [-0.39, 0.29) is 0 Å². The zero-order valence-corrected chi connectivity index (χ0v) is 18.9. The van der Waals surface area contributed by atoms with Crippen molar-refractivity contribution in [2.75, 3.05) is 23.7 Å². The van der Waals surface area contributed by atoms with Gasteiger partial charge in [0.15, 0.2) is 0 Å². The molecule has 0 atom stereocenters. The molecular weight excluding hydrogens is 382 g/mol. The summed E-state index contributed by atoms with van der Waals surface area (Å²) in [5, 5.41) is 15.6. The van der Waals surface area contributed by atoms with Gasteiger partial charge in [0, 0.05) is 13.1 Å². The van der Waals surface area contributed by atoms with E-state index in [1.54, 1.807) is 0 Å². The van der Waals surface area contributed by atoms with Crippen molar-refractivity contribution in [3.63, 3.8) is 0 Å². The van der Waals surface area contributed by atoms with Crippen LogP contribution in [0.25, 0.3) is 11.1 Å². The number of aromatic nitrogens is 1. The number of benzene rings is 2. The lowest BCUT2D eigenvalue weighted by Crippen LogP contribution is -2.07. The van der Waals surface area contributed by atoms with Gasteiger partial charge in [-0.15, -0.1) is 0 Å². The fraction of sp³-hybridized carbons (Fsp3) is 0.346. The molecule has 3 rings (SSSR count). The van der Waals surface area contributed by atoms with Crippen molar-refractivity contribution >= 4 is 23.0 Å². The molecule has 0 spiro atoms. The zero-order valence-electron chi connectivity index (χ0n) is 18.9. The minimum absolute atomic E-state index is 0.834. The molecule has 0 saturated heterocycles. The smallest absolute Gasteiger partial charge is 0.128 e. The molecule has 0 radical (unpaired) electrons. The maximum Gasteiger partial charge on any atom is 0.128 e. The largest absolute Gasteiger partial charge is 0.370 e. The summed E-state index contributed by atoms with van der Waals surface area (Å²) in [6, 6.07) is 20.4. The fourth-order valence-corrected chi connectivity index (χ4v) is 3.11. The summed E-state index contributed by atoms with van der Waals surface area (Å²) in [6.45, 7) is 8.32. The highest BCUT2D eigenvalue weighted by Gasteiger charge is 2.06. The Hall–Kier alpha value is -3.21. The molecule has 31 heavy (non-hydrogen) atoms. The SMILES string of the molecule is CCCCNc1cc(-c2ccc(N=Nc3ccc(C)cc3)cc2)cc(NCCCC)n1. The molecule has 0 bridgehead atoms. The van der Waals surface area contributed by atoms with Crippen LogP contribution in [0.3, 0.4) is 0 Å². The topological polar surface area (TPSA) is 61.7 Å².